The molecule has 2 unspecified atom stereocenters. The van der Waals surface area contributed by atoms with Gasteiger partial charge in [0.25, 0.3) is 0 Å². The van der Waals surface area contributed by atoms with Gasteiger partial charge in [0.05, 0.1) is 6.04 Å². The van der Waals surface area contributed by atoms with E-state index in [1.54, 1.807) is 6.07 Å². The van der Waals surface area contributed by atoms with E-state index in [1.165, 1.54) is 11.6 Å². The van der Waals surface area contributed by atoms with Gasteiger partial charge in [-0.25, -0.2) is 4.39 Å². The summed E-state index contributed by atoms with van der Waals surface area (Å²) in [5, 5.41) is 0. The Bertz CT molecular complexity index is 585. The summed E-state index contributed by atoms with van der Waals surface area (Å²) in [5.74, 6) is -0.160. The fourth-order valence-electron chi connectivity index (χ4n) is 3.38. The minimum Gasteiger partial charge on any atom is -0.329 e. The van der Waals surface area contributed by atoms with Gasteiger partial charge in [0.2, 0.25) is 0 Å². The van der Waals surface area contributed by atoms with Gasteiger partial charge in [0.15, 0.2) is 0 Å². The molecule has 2 N–H and O–H groups in total. The molecule has 0 bridgehead atoms. The molecule has 0 radical (unpaired) electrons. The van der Waals surface area contributed by atoms with E-state index in [4.69, 9.17) is 5.73 Å². The highest BCUT2D eigenvalue weighted by atomic mass is 19.1. The molecule has 3 heteroatoms. The first-order valence-electron chi connectivity index (χ1n) is 7.56. The van der Waals surface area contributed by atoms with Crippen molar-refractivity contribution in [3.63, 3.8) is 0 Å². The predicted molar refractivity (Wildman–Crippen MR) is 83.3 cm³/mol. The second-order valence-corrected chi connectivity index (χ2v) is 5.58. The Hall–Kier alpha value is -1.71. The summed E-state index contributed by atoms with van der Waals surface area (Å²) in [6, 6.07) is 17.7. The molecule has 1 saturated heterocycles. The van der Waals surface area contributed by atoms with Gasteiger partial charge in [-0.1, -0.05) is 48.5 Å². The highest BCUT2D eigenvalue weighted by Gasteiger charge is 2.32. The molecule has 110 valence electrons. The van der Waals surface area contributed by atoms with Crippen molar-refractivity contribution in [2.75, 3.05) is 13.1 Å². The Kier molecular flexibility index (Phi) is 4.32. The monoisotopic (exact) mass is 284 g/mol. The zero-order valence-electron chi connectivity index (χ0n) is 12.1. The van der Waals surface area contributed by atoms with Gasteiger partial charge < -0.3 is 5.73 Å². The molecule has 1 aliphatic rings. The predicted octanol–water partition coefficient (Wildman–Crippen LogP) is 3.66. The minimum atomic E-state index is -0.160. The topological polar surface area (TPSA) is 29.3 Å². The number of likely N-dealkylation sites (tertiary alicyclic amines) is 1. The lowest BCUT2D eigenvalue weighted by atomic mass is 10.00. The number of hydrogen-bond acceptors (Lipinski definition) is 2. The molecule has 0 aliphatic carbocycles. The van der Waals surface area contributed by atoms with Crippen LogP contribution in [0.5, 0.6) is 0 Å². The quantitative estimate of drug-likeness (QED) is 0.928. The van der Waals surface area contributed by atoms with Gasteiger partial charge in [-0.05, 0) is 31.0 Å². The zero-order valence-corrected chi connectivity index (χ0v) is 12.1. The smallest absolute Gasteiger partial charge is 0.128 e. The average Bonchev–Trinajstić information content (AvgIpc) is 3.00. The number of nitrogens with zero attached hydrogens (tertiary/aromatic N) is 1. The van der Waals surface area contributed by atoms with E-state index in [0.29, 0.717) is 18.2 Å². The molecule has 2 atom stereocenters. The van der Waals surface area contributed by atoms with Crippen LogP contribution in [-0.4, -0.2) is 18.0 Å². The summed E-state index contributed by atoms with van der Waals surface area (Å²) in [5.41, 5.74) is 7.99. The molecule has 0 saturated carbocycles. The Morgan fingerprint density at radius 2 is 1.81 bits per heavy atom. The van der Waals surface area contributed by atoms with Crippen LogP contribution in [0.3, 0.4) is 0 Å². The molecule has 3 rings (SSSR count). The fraction of sp³-hybridized carbons (Fsp3) is 0.333. The first-order valence-corrected chi connectivity index (χ1v) is 7.56. The summed E-state index contributed by atoms with van der Waals surface area (Å²) in [6.45, 7) is 1.40. The van der Waals surface area contributed by atoms with E-state index < -0.39 is 0 Å². The summed E-state index contributed by atoms with van der Waals surface area (Å²) < 4.78 is 14.1. The van der Waals surface area contributed by atoms with Gasteiger partial charge in [0, 0.05) is 18.2 Å². The van der Waals surface area contributed by atoms with Crippen LogP contribution in [0.1, 0.15) is 36.1 Å². The van der Waals surface area contributed by atoms with E-state index in [-0.39, 0.29) is 11.9 Å². The Balaban J connectivity index is 1.91. The maximum atomic E-state index is 14.1. The Morgan fingerprint density at radius 1 is 1.10 bits per heavy atom. The molecule has 1 heterocycles. The van der Waals surface area contributed by atoms with Crippen molar-refractivity contribution in [2.45, 2.75) is 24.9 Å². The molecule has 1 aliphatic heterocycles. The number of benzene rings is 2. The second-order valence-electron chi connectivity index (χ2n) is 5.58. The molecule has 0 spiro atoms. The minimum absolute atomic E-state index is 0.0566. The van der Waals surface area contributed by atoms with E-state index in [2.05, 4.69) is 29.2 Å². The number of rotatable bonds is 4. The lowest BCUT2D eigenvalue weighted by molar-refractivity contribution is 0.182. The molecule has 2 aromatic carbocycles. The maximum Gasteiger partial charge on any atom is 0.128 e. The summed E-state index contributed by atoms with van der Waals surface area (Å²) >= 11 is 0. The third-order valence-corrected chi connectivity index (χ3v) is 4.37. The van der Waals surface area contributed by atoms with E-state index in [0.717, 1.165) is 19.4 Å². The van der Waals surface area contributed by atoms with Crippen molar-refractivity contribution >= 4 is 0 Å². The molecule has 2 nitrogen and oxygen atoms in total. The molecule has 0 aromatic heterocycles. The summed E-state index contributed by atoms with van der Waals surface area (Å²) in [6.07, 6.45) is 2.24. The first kappa shape index (κ1) is 14.2. The highest BCUT2D eigenvalue weighted by molar-refractivity contribution is 5.25. The number of nitrogens with two attached hydrogens (primary N) is 1. The van der Waals surface area contributed by atoms with E-state index >= 15 is 0 Å². The largest absolute Gasteiger partial charge is 0.329 e. The van der Waals surface area contributed by atoms with Crippen LogP contribution in [-0.2, 0) is 0 Å². The zero-order chi connectivity index (χ0) is 14.7. The van der Waals surface area contributed by atoms with Crippen molar-refractivity contribution in [1.29, 1.82) is 0 Å². The van der Waals surface area contributed by atoms with Crippen molar-refractivity contribution < 1.29 is 4.39 Å². The molecule has 0 amide bonds. The van der Waals surface area contributed by atoms with Crippen LogP contribution in [0, 0.1) is 5.82 Å². The lowest BCUT2D eigenvalue weighted by Crippen LogP contribution is -2.34. The maximum absolute atomic E-state index is 14.1. The number of halogens is 1. The van der Waals surface area contributed by atoms with Gasteiger partial charge in [0.1, 0.15) is 5.82 Å². The fourth-order valence-corrected chi connectivity index (χ4v) is 3.38. The SMILES string of the molecule is NCC(c1ccccc1F)N1CCCC1c1ccccc1. The molecular weight excluding hydrogens is 263 g/mol. The second kappa shape index (κ2) is 6.37. The van der Waals surface area contributed by atoms with Crippen LogP contribution in [0.2, 0.25) is 0 Å². The Labute approximate surface area is 125 Å². The summed E-state index contributed by atoms with van der Waals surface area (Å²) in [4.78, 5) is 2.35. The normalized spacial score (nSPS) is 20.6. The molecule has 2 aromatic rings. The van der Waals surface area contributed by atoms with E-state index in [1.807, 2.05) is 18.2 Å². The van der Waals surface area contributed by atoms with Crippen molar-refractivity contribution in [3.8, 4) is 0 Å². The first-order chi connectivity index (χ1) is 10.3. The van der Waals surface area contributed by atoms with Crippen molar-refractivity contribution in [1.82, 2.24) is 4.90 Å². The van der Waals surface area contributed by atoms with Gasteiger partial charge in [-0.2, -0.15) is 0 Å². The highest BCUT2D eigenvalue weighted by Crippen LogP contribution is 2.38. The van der Waals surface area contributed by atoms with Crippen molar-refractivity contribution in [3.05, 3.63) is 71.5 Å². The van der Waals surface area contributed by atoms with Crippen molar-refractivity contribution in [2.24, 2.45) is 5.73 Å². The average molecular weight is 284 g/mol. The number of hydrogen-bond donors (Lipinski definition) is 1. The molecule has 1 fully saturated rings. The molecule has 21 heavy (non-hydrogen) atoms. The summed E-state index contributed by atoms with van der Waals surface area (Å²) in [7, 11) is 0. The third kappa shape index (κ3) is 2.85. The van der Waals surface area contributed by atoms with Crippen LogP contribution < -0.4 is 5.73 Å². The van der Waals surface area contributed by atoms with Gasteiger partial charge >= 0.3 is 0 Å². The third-order valence-electron chi connectivity index (χ3n) is 4.37. The van der Waals surface area contributed by atoms with Crippen LogP contribution in [0.25, 0.3) is 0 Å². The van der Waals surface area contributed by atoms with E-state index in [9.17, 15) is 4.39 Å². The lowest BCUT2D eigenvalue weighted by Gasteiger charge is -2.33. The van der Waals surface area contributed by atoms with Gasteiger partial charge in [-0.15, -0.1) is 0 Å². The van der Waals surface area contributed by atoms with Crippen LogP contribution >= 0.6 is 0 Å². The Morgan fingerprint density at radius 3 is 2.52 bits per heavy atom. The van der Waals surface area contributed by atoms with Gasteiger partial charge in [-0.3, -0.25) is 4.90 Å². The van der Waals surface area contributed by atoms with Crippen LogP contribution in [0.4, 0.5) is 4.39 Å². The van der Waals surface area contributed by atoms with Crippen LogP contribution in [0.15, 0.2) is 54.6 Å². The molecular formula is C18H21FN2. The standard InChI is InChI=1S/C18H21FN2/c19-16-10-5-4-9-15(16)18(13-20)21-12-6-11-17(21)14-7-2-1-3-8-14/h1-5,7-10,17-18H,6,11-13,20H2.